The highest BCUT2D eigenvalue weighted by atomic mass is 35.5. The smallest absolute Gasteiger partial charge is 0.258 e. The minimum absolute atomic E-state index is 0.0956. The van der Waals surface area contributed by atoms with Crippen LogP contribution in [0.3, 0.4) is 0 Å². The van der Waals surface area contributed by atoms with Crippen molar-refractivity contribution in [2.75, 3.05) is 6.61 Å². The molecule has 1 atom stereocenters. The van der Waals surface area contributed by atoms with Crippen LogP contribution in [-0.2, 0) is 9.47 Å². The molecule has 0 aromatic heterocycles. The second-order valence-electron chi connectivity index (χ2n) is 2.50. The van der Waals surface area contributed by atoms with E-state index in [1.807, 2.05) is 13.8 Å². The van der Waals surface area contributed by atoms with Crippen LogP contribution in [0.15, 0.2) is 0 Å². The van der Waals surface area contributed by atoms with E-state index >= 15 is 0 Å². The fourth-order valence-electron chi connectivity index (χ4n) is 0.611. The molecule has 0 saturated heterocycles. The Kier molecular flexibility index (Phi) is 5.87. The van der Waals surface area contributed by atoms with Crippen LogP contribution in [-0.4, -0.2) is 22.8 Å². The van der Waals surface area contributed by atoms with E-state index in [0.29, 0.717) is 6.61 Å². The molecule has 5 heteroatoms. The third-order valence-electron chi connectivity index (χ3n) is 0.970. The summed E-state index contributed by atoms with van der Waals surface area (Å²) in [5.41, 5.74) is -0.853. The van der Waals surface area contributed by atoms with Gasteiger partial charge in [0, 0.05) is 6.61 Å². The molecule has 0 N–H and O–H groups in total. The Morgan fingerprint density at radius 1 is 1.33 bits per heavy atom. The van der Waals surface area contributed by atoms with Crippen molar-refractivity contribution in [1.82, 2.24) is 0 Å². The van der Waals surface area contributed by atoms with Crippen molar-refractivity contribution < 1.29 is 9.47 Å². The molecular weight excluding hydrogens is 222 g/mol. The molecule has 0 saturated carbocycles. The second kappa shape index (κ2) is 5.51. The van der Waals surface area contributed by atoms with Crippen molar-refractivity contribution in [1.29, 1.82) is 0 Å². The van der Waals surface area contributed by atoms with Gasteiger partial charge < -0.3 is 9.47 Å². The van der Waals surface area contributed by atoms with E-state index in [2.05, 4.69) is 0 Å². The van der Waals surface area contributed by atoms with Gasteiger partial charge in [0.1, 0.15) is 0 Å². The van der Waals surface area contributed by atoms with Gasteiger partial charge in [-0.3, -0.25) is 0 Å². The summed E-state index contributed by atoms with van der Waals surface area (Å²) < 4.78 is 8.63. The van der Waals surface area contributed by atoms with Gasteiger partial charge in [-0.1, -0.05) is 34.8 Å². The minimum atomic E-state index is -1.48. The van der Waals surface area contributed by atoms with E-state index in [0.717, 1.165) is 0 Å². The molecule has 0 spiro atoms. The predicted octanol–water partition coefficient (Wildman–Crippen LogP) is 3.14. The Hall–Kier alpha value is 0.790. The lowest BCUT2D eigenvalue weighted by Gasteiger charge is -2.26. The molecule has 12 heavy (non-hydrogen) atoms. The summed E-state index contributed by atoms with van der Waals surface area (Å²) in [5, 5.41) is 0. The van der Waals surface area contributed by atoms with E-state index in [-0.39, 0.29) is 6.10 Å². The first-order valence-electron chi connectivity index (χ1n) is 3.71. The zero-order valence-electron chi connectivity index (χ0n) is 7.31. The van der Waals surface area contributed by atoms with Gasteiger partial charge in [0.25, 0.3) is 4.52 Å². The highest BCUT2D eigenvalue weighted by molar-refractivity contribution is 6.50. The normalized spacial score (nSPS) is 15.2. The number of ether oxygens (including phenoxy) is 2. The van der Waals surface area contributed by atoms with Crippen molar-refractivity contribution in [2.45, 2.75) is 37.0 Å². The van der Waals surface area contributed by atoms with Gasteiger partial charge in [-0.15, -0.1) is 0 Å². The molecular formula is C7H13Cl3O2. The van der Waals surface area contributed by atoms with Crippen LogP contribution in [0.2, 0.25) is 0 Å². The summed E-state index contributed by atoms with van der Waals surface area (Å²) in [5.74, 6) is 0. The third-order valence-corrected chi connectivity index (χ3v) is 2.20. The van der Waals surface area contributed by atoms with Crippen molar-refractivity contribution in [3.8, 4) is 0 Å². The average Bonchev–Trinajstić information content (AvgIpc) is 1.85. The van der Waals surface area contributed by atoms with Crippen molar-refractivity contribution in [3.63, 3.8) is 0 Å². The lowest BCUT2D eigenvalue weighted by Crippen LogP contribution is -2.34. The molecule has 0 bridgehead atoms. The Labute approximate surface area is 88.1 Å². The van der Waals surface area contributed by atoms with Crippen molar-refractivity contribution >= 4 is 34.8 Å². The van der Waals surface area contributed by atoms with Gasteiger partial charge in [-0.05, 0) is 20.8 Å². The number of halogens is 3. The van der Waals surface area contributed by atoms with E-state index in [1.54, 1.807) is 6.92 Å². The van der Waals surface area contributed by atoms with Crippen molar-refractivity contribution in [2.24, 2.45) is 0 Å². The molecule has 0 aromatic carbocycles. The Morgan fingerprint density at radius 3 is 2.17 bits per heavy atom. The molecule has 1 unspecified atom stereocenters. The third kappa shape index (κ3) is 4.73. The van der Waals surface area contributed by atoms with Crippen LogP contribution in [0, 0.1) is 0 Å². The van der Waals surface area contributed by atoms with Crippen LogP contribution in [0.25, 0.3) is 0 Å². The van der Waals surface area contributed by atoms with Gasteiger partial charge in [-0.25, -0.2) is 0 Å². The minimum Gasteiger partial charge on any atom is -0.357 e. The van der Waals surface area contributed by atoms with Gasteiger partial charge in [0.05, 0.1) is 6.10 Å². The molecule has 0 heterocycles. The molecule has 0 amide bonds. The predicted molar refractivity (Wildman–Crippen MR) is 51.9 cm³/mol. The number of rotatable bonds is 5. The summed E-state index contributed by atoms with van der Waals surface area (Å²) in [6.07, 6.45) is -0.0956. The van der Waals surface area contributed by atoms with E-state index in [4.69, 9.17) is 44.3 Å². The van der Waals surface area contributed by atoms with Crippen LogP contribution in [0.5, 0.6) is 0 Å². The topological polar surface area (TPSA) is 18.5 Å². The molecule has 0 fully saturated rings. The highest BCUT2D eigenvalue weighted by Gasteiger charge is 2.36. The van der Waals surface area contributed by atoms with Gasteiger partial charge in [0.2, 0.25) is 0 Å². The van der Waals surface area contributed by atoms with Crippen molar-refractivity contribution in [3.05, 3.63) is 0 Å². The summed E-state index contributed by atoms with van der Waals surface area (Å²) in [7, 11) is 0. The Morgan fingerprint density at radius 2 is 1.83 bits per heavy atom. The molecule has 0 aliphatic rings. The maximum absolute atomic E-state index is 5.75. The van der Waals surface area contributed by atoms with Crippen LogP contribution in [0.1, 0.15) is 20.8 Å². The summed E-state index contributed by atoms with van der Waals surface area (Å²) in [6, 6.07) is 0. The number of hydrogen-bond donors (Lipinski definition) is 0. The van der Waals surface area contributed by atoms with Crippen LogP contribution >= 0.6 is 34.8 Å². The monoisotopic (exact) mass is 234 g/mol. The molecule has 0 aliphatic heterocycles. The largest absolute Gasteiger partial charge is 0.357 e. The van der Waals surface area contributed by atoms with E-state index in [1.165, 1.54) is 0 Å². The maximum Gasteiger partial charge on any atom is 0.258 e. The molecule has 0 rings (SSSR count). The lowest BCUT2D eigenvalue weighted by atomic mass is 10.5. The standard InChI is InChI=1S/C7H13Cl3O2/c1-4-11-6(8)7(9,10)12-5(2)3/h5-6H,4H2,1-3H3. The summed E-state index contributed by atoms with van der Waals surface area (Å²) >= 11 is 17.2. The quantitative estimate of drug-likeness (QED) is 0.682. The Bertz CT molecular complexity index is 128. The first-order valence-corrected chi connectivity index (χ1v) is 4.90. The number of alkyl halides is 3. The zero-order valence-corrected chi connectivity index (χ0v) is 9.58. The summed E-state index contributed by atoms with van der Waals surface area (Å²) in [6.45, 7) is 5.87. The molecule has 74 valence electrons. The average molecular weight is 236 g/mol. The van der Waals surface area contributed by atoms with Gasteiger partial charge in [0.15, 0.2) is 5.56 Å². The first kappa shape index (κ1) is 12.8. The maximum atomic E-state index is 5.75. The zero-order chi connectivity index (χ0) is 9.78. The fraction of sp³-hybridized carbons (Fsp3) is 1.00. The van der Waals surface area contributed by atoms with E-state index in [9.17, 15) is 0 Å². The fourth-order valence-corrected chi connectivity index (χ4v) is 1.27. The van der Waals surface area contributed by atoms with Gasteiger partial charge in [-0.2, -0.15) is 0 Å². The van der Waals surface area contributed by atoms with Crippen LogP contribution in [0.4, 0.5) is 0 Å². The molecule has 0 radical (unpaired) electrons. The Balaban J connectivity index is 3.99. The van der Waals surface area contributed by atoms with Gasteiger partial charge >= 0.3 is 0 Å². The highest BCUT2D eigenvalue weighted by Crippen LogP contribution is 2.32. The first-order chi connectivity index (χ1) is 5.40. The van der Waals surface area contributed by atoms with Crippen LogP contribution < -0.4 is 0 Å². The molecule has 2 nitrogen and oxygen atoms in total. The lowest BCUT2D eigenvalue weighted by molar-refractivity contribution is -0.0419. The van der Waals surface area contributed by atoms with E-state index < -0.39 is 10.1 Å². The summed E-state index contributed by atoms with van der Waals surface area (Å²) in [4.78, 5) is 0. The number of hydrogen-bond acceptors (Lipinski definition) is 2. The molecule has 0 aliphatic carbocycles. The SMILES string of the molecule is CCOC(Cl)C(Cl)(Cl)OC(C)C. The second-order valence-corrected chi connectivity index (χ2v) is 4.21. The molecule has 0 aromatic rings.